The van der Waals surface area contributed by atoms with Crippen molar-refractivity contribution in [3.8, 4) is 11.1 Å². The van der Waals surface area contributed by atoms with Gasteiger partial charge in [-0.1, -0.05) is 54.6 Å². The molecule has 1 atom stereocenters. The van der Waals surface area contributed by atoms with Gasteiger partial charge in [0.1, 0.15) is 0 Å². The topological polar surface area (TPSA) is 53.5 Å². The highest BCUT2D eigenvalue weighted by Crippen LogP contribution is 2.22. The minimum atomic E-state index is -0.222. The lowest BCUT2D eigenvalue weighted by molar-refractivity contribution is -0.134. The van der Waals surface area contributed by atoms with Gasteiger partial charge in [-0.05, 0) is 54.2 Å². The van der Waals surface area contributed by atoms with Crippen molar-refractivity contribution in [1.29, 1.82) is 0 Å². The Morgan fingerprint density at radius 3 is 2.30 bits per heavy atom. The van der Waals surface area contributed by atoms with E-state index in [-0.39, 0.29) is 17.7 Å². The van der Waals surface area contributed by atoms with Crippen molar-refractivity contribution in [2.75, 3.05) is 26.2 Å². The lowest BCUT2D eigenvalue weighted by atomic mass is 9.95. The molecule has 33 heavy (non-hydrogen) atoms. The fourth-order valence-corrected chi connectivity index (χ4v) is 4.44. The first-order valence-electron chi connectivity index (χ1n) is 11.7. The molecule has 1 aliphatic rings. The molecule has 5 nitrogen and oxygen atoms in total. The Hall–Kier alpha value is -3.47. The Balaban J connectivity index is 1.44. The third-order valence-electron chi connectivity index (χ3n) is 6.40. The molecule has 1 aromatic heterocycles. The molecule has 0 bridgehead atoms. The third-order valence-corrected chi connectivity index (χ3v) is 6.40. The summed E-state index contributed by atoms with van der Waals surface area (Å²) in [5, 5.41) is 0. The summed E-state index contributed by atoms with van der Waals surface area (Å²) in [4.78, 5) is 34.0. The Morgan fingerprint density at radius 1 is 0.909 bits per heavy atom. The summed E-state index contributed by atoms with van der Waals surface area (Å²) in [5.41, 5.74) is 4.57. The van der Waals surface area contributed by atoms with Gasteiger partial charge in [-0.25, -0.2) is 0 Å². The van der Waals surface area contributed by atoms with Crippen molar-refractivity contribution in [3.63, 3.8) is 0 Å². The lowest BCUT2D eigenvalue weighted by Crippen LogP contribution is -2.38. The summed E-state index contributed by atoms with van der Waals surface area (Å²) in [6.45, 7) is 4.34. The number of nitrogens with zero attached hydrogens (tertiary/aromatic N) is 3. The fraction of sp³-hybridized carbons (Fsp3) is 0.321. The molecule has 1 fully saturated rings. The molecule has 0 saturated carbocycles. The fourth-order valence-electron chi connectivity index (χ4n) is 4.44. The number of aryl methyl sites for hydroxylation is 1. The molecule has 0 aliphatic carbocycles. The van der Waals surface area contributed by atoms with Gasteiger partial charge in [0.15, 0.2) is 0 Å². The largest absolute Gasteiger partial charge is 0.341 e. The molecule has 2 amide bonds. The Morgan fingerprint density at radius 2 is 1.61 bits per heavy atom. The lowest BCUT2D eigenvalue weighted by Gasteiger charge is -2.24. The van der Waals surface area contributed by atoms with Crippen LogP contribution in [-0.2, 0) is 22.4 Å². The number of hydrogen-bond acceptors (Lipinski definition) is 3. The third kappa shape index (κ3) is 5.86. The summed E-state index contributed by atoms with van der Waals surface area (Å²) < 4.78 is 0. The number of carbonyl (C=O) groups excluding carboxylic acids is 2. The summed E-state index contributed by atoms with van der Waals surface area (Å²) in [5.74, 6) is 0.0379. The minimum Gasteiger partial charge on any atom is -0.341 e. The van der Waals surface area contributed by atoms with Crippen molar-refractivity contribution in [2.24, 2.45) is 5.92 Å². The Labute approximate surface area is 196 Å². The molecule has 1 unspecified atom stereocenters. The van der Waals surface area contributed by atoms with Gasteiger partial charge in [-0.15, -0.1) is 0 Å². The molecule has 0 radical (unpaired) electrons. The summed E-state index contributed by atoms with van der Waals surface area (Å²) in [7, 11) is 0. The van der Waals surface area contributed by atoms with E-state index in [9.17, 15) is 9.59 Å². The highest BCUT2D eigenvalue weighted by atomic mass is 16.2. The van der Waals surface area contributed by atoms with Crippen molar-refractivity contribution in [3.05, 3.63) is 90.3 Å². The van der Waals surface area contributed by atoms with Gasteiger partial charge in [0.25, 0.3) is 0 Å². The van der Waals surface area contributed by atoms with E-state index >= 15 is 0 Å². The number of carbonyl (C=O) groups is 2. The van der Waals surface area contributed by atoms with Crippen LogP contribution in [0.25, 0.3) is 11.1 Å². The van der Waals surface area contributed by atoms with Crippen LogP contribution in [0.1, 0.15) is 24.5 Å². The van der Waals surface area contributed by atoms with Crippen molar-refractivity contribution < 1.29 is 9.59 Å². The van der Waals surface area contributed by atoms with E-state index < -0.39 is 0 Å². The highest BCUT2D eigenvalue weighted by molar-refractivity contribution is 5.82. The molecular formula is C28H31N3O2. The van der Waals surface area contributed by atoms with Crippen LogP contribution in [0.3, 0.4) is 0 Å². The quantitative estimate of drug-likeness (QED) is 0.551. The number of benzene rings is 2. The van der Waals surface area contributed by atoms with Gasteiger partial charge in [-0.3, -0.25) is 14.6 Å². The van der Waals surface area contributed by atoms with Crippen LogP contribution >= 0.6 is 0 Å². The van der Waals surface area contributed by atoms with Gasteiger partial charge < -0.3 is 9.80 Å². The second kappa shape index (κ2) is 10.9. The van der Waals surface area contributed by atoms with Gasteiger partial charge in [0, 0.05) is 45.0 Å². The zero-order valence-corrected chi connectivity index (χ0v) is 19.2. The first kappa shape index (κ1) is 22.7. The van der Waals surface area contributed by atoms with Gasteiger partial charge >= 0.3 is 0 Å². The number of rotatable bonds is 7. The maximum absolute atomic E-state index is 13.2. The summed E-state index contributed by atoms with van der Waals surface area (Å²) >= 11 is 0. The number of amides is 2. The molecule has 1 aliphatic heterocycles. The minimum absolute atomic E-state index is 0.113. The van der Waals surface area contributed by atoms with E-state index in [0.717, 1.165) is 16.7 Å². The average molecular weight is 442 g/mol. The number of hydrogen-bond donors (Lipinski definition) is 0. The zero-order chi connectivity index (χ0) is 23.0. The van der Waals surface area contributed by atoms with Crippen LogP contribution in [0.2, 0.25) is 0 Å². The second-order valence-electron chi connectivity index (χ2n) is 8.58. The maximum atomic E-state index is 13.2. The van der Waals surface area contributed by atoms with Crippen LogP contribution in [0.15, 0.2) is 79.1 Å². The monoisotopic (exact) mass is 441 g/mol. The molecule has 5 heteroatoms. The van der Waals surface area contributed by atoms with Crippen LogP contribution in [0.5, 0.6) is 0 Å². The second-order valence-corrected chi connectivity index (χ2v) is 8.58. The Bertz CT molecular complexity index is 1050. The molecule has 1 saturated heterocycles. The molecule has 2 aromatic carbocycles. The van der Waals surface area contributed by atoms with Gasteiger partial charge in [-0.2, -0.15) is 0 Å². The van der Waals surface area contributed by atoms with Crippen LogP contribution in [0, 0.1) is 5.92 Å². The van der Waals surface area contributed by atoms with E-state index in [1.165, 1.54) is 5.56 Å². The normalized spacial score (nSPS) is 16.5. The molecule has 0 N–H and O–H groups in total. The van der Waals surface area contributed by atoms with Crippen molar-refractivity contribution >= 4 is 11.8 Å². The average Bonchev–Trinajstić information content (AvgIpc) is 3.03. The van der Waals surface area contributed by atoms with E-state index in [1.807, 2.05) is 47.1 Å². The van der Waals surface area contributed by atoms with E-state index in [4.69, 9.17) is 0 Å². The smallest absolute Gasteiger partial charge is 0.227 e. The van der Waals surface area contributed by atoms with E-state index in [2.05, 4.69) is 41.4 Å². The van der Waals surface area contributed by atoms with Gasteiger partial charge in [0.05, 0.1) is 5.92 Å². The standard InChI is InChI=1S/C28H31N3O2/c1-2-30-18-19-31(27(32)13-10-22-14-16-29-17-15-22)21-26(28(30)33)20-23-8-11-25(12-9-23)24-6-4-3-5-7-24/h3-9,11-12,14-17,26H,2,10,13,18-21H2,1H3. The first-order chi connectivity index (χ1) is 16.1. The molecule has 170 valence electrons. The predicted molar refractivity (Wildman–Crippen MR) is 130 cm³/mol. The van der Waals surface area contributed by atoms with Gasteiger partial charge in [0.2, 0.25) is 11.8 Å². The number of pyridine rings is 1. The highest BCUT2D eigenvalue weighted by Gasteiger charge is 2.31. The molecule has 4 rings (SSSR count). The van der Waals surface area contributed by atoms with E-state index in [0.29, 0.717) is 45.4 Å². The predicted octanol–water partition coefficient (Wildman–Crippen LogP) is 4.23. The first-order valence-corrected chi connectivity index (χ1v) is 11.7. The zero-order valence-electron chi connectivity index (χ0n) is 19.2. The molecular weight excluding hydrogens is 410 g/mol. The van der Waals surface area contributed by atoms with Crippen LogP contribution in [0.4, 0.5) is 0 Å². The SMILES string of the molecule is CCN1CCN(C(=O)CCc2ccncc2)CC(Cc2ccc(-c3ccccc3)cc2)C1=O. The van der Waals surface area contributed by atoms with E-state index in [1.54, 1.807) is 12.4 Å². The van der Waals surface area contributed by atoms with Crippen LogP contribution < -0.4 is 0 Å². The van der Waals surface area contributed by atoms with Crippen molar-refractivity contribution in [2.45, 2.75) is 26.2 Å². The summed E-state index contributed by atoms with van der Waals surface area (Å²) in [6.07, 6.45) is 5.28. The number of likely N-dealkylation sites (N-methyl/N-ethyl adjacent to an activating group) is 1. The van der Waals surface area contributed by atoms with Crippen molar-refractivity contribution in [1.82, 2.24) is 14.8 Å². The maximum Gasteiger partial charge on any atom is 0.227 e. The molecule has 3 aromatic rings. The molecule has 2 heterocycles. The Kier molecular flexibility index (Phi) is 7.51. The number of aromatic nitrogens is 1. The molecule has 0 spiro atoms. The van der Waals surface area contributed by atoms with Crippen LogP contribution in [-0.4, -0.2) is 52.8 Å². The summed E-state index contributed by atoms with van der Waals surface area (Å²) in [6, 6.07) is 22.6.